The van der Waals surface area contributed by atoms with E-state index in [1.165, 1.54) is 0 Å². The van der Waals surface area contributed by atoms with Crippen LogP contribution < -0.4 is 5.32 Å². The highest BCUT2D eigenvalue weighted by molar-refractivity contribution is 8.00. The first-order valence-corrected chi connectivity index (χ1v) is 8.43. The van der Waals surface area contributed by atoms with Gasteiger partial charge in [-0.2, -0.15) is 0 Å². The fraction of sp³-hybridized carbons (Fsp3) is 0.562. The number of hydrogen-bond acceptors (Lipinski definition) is 5. The van der Waals surface area contributed by atoms with Gasteiger partial charge in [-0.05, 0) is 37.9 Å². The Labute approximate surface area is 129 Å². The van der Waals surface area contributed by atoms with Crippen molar-refractivity contribution in [1.82, 2.24) is 5.32 Å². The molecule has 2 N–H and O–H groups in total. The molecule has 4 nitrogen and oxygen atoms in total. The lowest BCUT2D eigenvalue weighted by Gasteiger charge is -2.28. The number of benzene rings is 1. The Balaban J connectivity index is 1.75. The Bertz CT molecular complexity index is 476. The van der Waals surface area contributed by atoms with Crippen LogP contribution in [0, 0.1) is 5.92 Å². The van der Waals surface area contributed by atoms with Crippen molar-refractivity contribution in [3.05, 3.63) is 30.3 Å². The van der Waals surface area contributed by atoms with Crippen molar-refractivity contribution >= 4 is 17.7 Å². The van der Waals surface area contributed by atoms with Gasteiger partial charge in [0.1, 0.15) is 0 Å². The number of aliphatic hydroxyl groups is 1. The van der Waals surface area contributed by atoms with Crippen molar-refractivity contribution in [3.8, 4) is 0 Å². The van der Waals surface area contributed by atoms with Crippen LogP contribution in [0.5, 0.6) is 0 Å². The zero-order valence-electron chi connectivity index (χ0n) is 11.9. The Morgan fingerprint density at radius 3 is 2.76 bits per heavy atom. The van der Waals surface area contributed by atoms with Crippen LogP contribution in [-0.4, -0.2) is 41.6 Å². The second kappa shape index (κ2) is 6.81. The first-order chi connectivity index (χ1) is 10.3. The molecule has 3 rings (SSSR count). The molecular formula is C16H21NO3S. The number of ether oxygens (including phenoxy) is 1. The van der Waals surface area contributed by atoms with Crippen LogP contribution in [0.1, 0.15) is 19.3 Å². The topological polar surface area (TPSA) is 58.6 Å². The van der Waals surface area contributed by atoms with Crippen LogP contribution in [0.25, 0.3) is 0 Å². The monoisotopic (exact) mass is 307 g/mol. The molecule has 2 fully saturated rings. The second-order valence-electron chi connectivity index (χ2n) is 5.64. The van der Waals surface area contributed by atoms with E-state index in [2.05, 4.69) is 5.32 Å². The Morgan fingerprint density at radius 2 is 2.05 bits per heavy atom. The van der Waals surface area contributed by atoms with Gasteiger partial charge in [0.25, 0.3) is 0 Å². The van der Waals surface area contributed by atoms with Crippen LogP contribution in [0.3, 0.4) is 0 Å². The van der Waals surface area contributed by atoms with Crippen molar-refractivity contribution in [2.45, 2.75) is 41.6 Å². The Hall–Kier alpha value is -1.04. The maximum absolute atomic E-state index is 12.2. The zero-order valence-corrected chi connectivity index (χ0v) is 12.7. The molecule has 114 valence electrons. The molecule has 4 atom stereocenters. The third-order valence-corrected chi connectivity index (χ3v) is 5.59. The summed E-state index contributed by atoms with van der Waals surface area (Å²) in [6.07, 6.45) is 2.01. The average Bonchev–Trinajstić information content (AvgIpc) is 2.97. The molecule has 2 aliphatic heterocycles. The molecule has 0 bridgehead atoms. The SMILES string of the molecule is O=C1OCC[C@H](Sc2ccccc2)[C@@H](O)[C@H]1[C@H]1CCCN1. The molecule has 5 heteroatoms. The largest absolute Gasteiger partial charge is 0.465 e. The molecule has 0 saturated carbocycles. The van der Waals surface area contributed by atoms with Crippen LogP contribution in [0.2, 0.25) is 0 Å². The maximum atomic E-state index is 12.2. The number of cyclic esters (lactones) is 1. The van der Waals surface area contributed by atoms with Crippen LogP contribution >= 0.6 is 11.8 Å². The molecule has 0 amide bonds. The number of carbonyl (C=O) groups is 1. The highest BCUT2D eigenvalue weighted by Gasteiger charge is 2.42. The first kappa shape index (κ1) is 14.9. The van der Waals surface area contributed by atoms with Gasteiger partial charge in [-0.15, -0.1) is 11.8 Å². The van der Waals surface area contributed by atoms with E-state index in [4.69, 9.17) is 4.74 Å². The van der Waals surface area contributed by atoms with E-state index in [0.29, 0.717) is 13.0 Å². The molecule has 2 saturated heterocycles. The van der Waals surface area contributed by atoms with Crippen LogP contribution in [-0.2, 0) is 9.53 Å². The number of thioether (sulfide) groups is 1. The molecule has 0 spiro atoms. The van der Waals surface area contributed by atoms with Gasteiger partial charge in [0.2, 0.25) is 0 Å². The van der Waals surface area contributed by atoms with E-state index in [1.807, 2.05) is 30.3 Å². The van der Waals surface area contributed by atoms with Crippen molar-refractivity contribution in [1.29, 1.82) is 0 Å². The van der Waals surface area contributed by atoms with E-state index in [9.17, 15) is 9.90 Å². The van der Waals surface area contributed by atoms with Crippen molar-refractivity contribution in [2.75, 3.05) is 13.2 Å². The molecular weight excluding hydrogens is 286 g/mol. The van der Waals surface area contributed by atoms with Gasteiger partial charge in [0.15, 0.2) is 0 Å². The lowest BCUT2D eigenvalue weighted by atomic mass is 9.90. The first-order valence-electron chi connectivity index (χ1n) is 7.55. The molecule has 0 aliphatic carbocycles. The molecule has 0 radical (unpaired) electrons. The predicted octanol–water partition coefficient (Wildman–Crippen LogP) is 1.82. The normalized spacial score (nSPS) is 33.5. The summed E-state index contributed by atoms with van der Waals surface area (Å²) in [5.41, 5.74) is 0. The minimum atomic E-state index is -0.666. The molecule has 2 heterocycles. The fourth-order valence-electron chi connectivity index (χ4n) is 3.14. The quantitative estimate of drug-likeness (QED) is 0.834. The minimum Gasteiger partial charge on any atom is -0.465 e. The number of aliphatic hydroxyl groups excluding tert-OH is 1. The standard InChI is InChI=1S/C16H21NO3S/c18-15-13(21-11-5-2-1-3-6-11)8-10-20-16(19)14(15)12-7-4-9-17-12/h1-3,5-6,12-15,17-18H,4,7-10H2/t12-,13+,14-,15-/m1/s1. The van der Waals surface area contributed by atoms with E-state index in [-0.39, 0.29) is 17.3 Å². The number of nitrogens with one attached hydrogen (secondary N) is 1. The highest BCUT2D eigenvalue weighted by Crippen LogP contribution is 2.34. The lowest BCUT2D eigenvalue weighted by Crippen LogP contribution is -2.46. The zero-order chi connectivity index (χ0) is 14.7. The summed E-state index contributed by atoms with van der Waals surface area (Å²) in [5, 5.41) is 14.1. The van der Waals surface area contributed by atoms with Crippen LogP contribution in [0.15, 0.2) is 35.2 Å². The van der Waals surface area contributed by atoms with Gasteiger partial charge in [0.05, 0.1) is 18.6 Å². The number of esters is 1. The van der Waals surface area contributed by atoms with E-state index >= 15 is 0 Å². The van der Waals surface area contributed by atoms with Gasteiger partial charge in [0, 0.05) is 16.2 Å². The highest BCUT2D eigenvalue weighted by atomic mass is 32.2. The molecule has 1 aromatic rings. The summed E-state index contributed by atoms with van der Waals surface area (Å²) in [6.45, 7) is 1.31. The Kier molecular flexibility index (Phi) is 4.83. The average molecular weight is 307 g/mol. The second-order valence-corrected chi connectivity index (χ2v) is 6.96. The fourth-order valence-corrected chi connectivity index (χ4v) is 4.32. The van der Waals surface area contributed by atoms with Crippen molar-refractivity contribution in [3.63, 3.8) is 0 Å². The predicted molar refractivity (Wildman–Crippen MR) is 82.2 cm³/mol. The van der Waals surface area contributed by atoms with Gasteiger partial charge < -0.3 is 15.2 Å². The maximum Gasteiger partial charge on any atom is 0.313 e. The summed E-state index contributed by atoms with van der Waals surface area (Å²) < 4.78 is 5.31. The van der Waals surface area contributed by atoms with Crippen molar-refractivity contribution in [2.24, 2.45) is 5.92 Å². The lowest BCUT2D eigenvalue weighted by molar-refractivity contribution is -0.151. The molecule has 0 aromatic heterocycles. The van der Waals surface area contributed by atoms with Gasteiger partial charge in [-0.25, -0.2) is 0 Å². The van der Waals surface area contributed by atoms with E-state index in [0.717, 1.165) is 24.3 Å². The number of rotatable bonds is 3. The smallest absolute Gasteiger partial charge is 0.313 e. The summed E-state index contributed by atoms with van der Waals surface area (Å²) in [5.74, 6) is -0.700. The summed E-state index contributed by atoms with van der Waals surface area (Å²) in [7, 11) is 0. The van der Waals surface area contributed by atoms with E-state index < -0.39 is 12.0 Å². The third-order valence-electron chi connectivity index (χ3n) is 4.23. The molecule has 0 unspecified atom stereocenters. The van der Waals surface area contributed by atoms with Gasteiger partial charge in [-0.1, -0.05) is 18.2 Å². The van der Waals surface area contributed by atoms with Gasteiger partial charge >= 0.3 is 5.97 Å². The molecule has 2 aliphatic rings. The van der Waals surface area contributed by atoms with Gasteiger partial charge in [-0.3, -0.25) is 4.79 Å². The molecule has 1 aromatic carbocycles. The minimum absolute atomic E-state index is 0.00810. The summed E-state index contributed by atoms with van der Waals surface area (Å²) >= 11 is 1.64. The Morgan fingerprint density at radius 1 is 1.24 bits per heavy atom. The molecule has 21 heavy (non-hydrogen) atoms. The van der Waals surface area contributed by atoms with E-state index in [1.54, 1.807) is 11.8 Å². The number of hydrogen-bond donors (Lipinski definition) is 2. The van der Waals surface area contributed by atoms with Crippen LogP contribution in [0.4, 0.5) is 0 Å². The van der Waals surface area contributed by atoms with Crippen molar-refractivity contribution < 1.29 is 14.6 Å². The number of carbonyl (C=O) groups excluding carboxylic acids is 1. The summed E-state index contributed by atoms with van der Waals surface area (Å²) in [4.78, 5) is 13.3. The summed E-state index contributed by atoms with van der Waals surface area (Å²) in [6, 6.07) is 10.1. The third kappa shape index (κ3) is 3.42.